The van der Waals surface area contributed by atoms with Gasteiger partial charge in [-0.25, -0.2) is 4.79 Å². The highest BCUT2D eigenvalue weighted by atomic mass is 16.3. The molecule has 0 spiro atoms. The summed E-state index contributed by atoms with van der Waals surface area (Å²) in [4.78, 5) is 25.6. The average Bonchev–Trinajstić information content (AvgIpc) is 2.94. The maximum Gasteiger partial charge on any atom is 0.312 e. The first-order valence-electron chi connectivity index (χ1n) is 7.48. The molecular formula is C14H27N3O3. The molecule has 0 saturated heterocycles. The number of urea groups is 1. The second-order valence-corrected chi connectivity index (χ2v) is 5.57. The van der Waals surface area contributed by atoms with Crippen LogP contribution in [0.5, 0.6) is 0 Å². The number of hydrogen-bond acceptors (Lipinski definition) is 3. The molecule has 0 aromatic rings. The fourth-order valence-electron chi connectivity index (χ4n) is 2.81. The van der Waals surface area contributed by atoms with Gasteiger partial charge in [-0.15, -0.1) is 0 Å². The Bertz CT molecular complexity index is 330. The Hall–Kier alpha value is -1.30. The van der Waals surface area contributed by atoms with E-state index >= 15 is 0 Å². The minimum atomic E-state index is -0.681. The summed E-state index contributed by atoms with van der Waals surface area (Å²) >= 11 is 0. The van der Waals surface area contributed by atoms with Gasteiger partial charge in [-0.3, -0.25) is 4.79 Å². The zero-order chi connectivity index (χ0) is 15.1. The van der Waals surface area contributed by atoms with E-state index in [1.807, 2.05) is 13.8 Å². The molecule has 0 aliphatic heterocycles. The van der Waals surface area contributed by atoms with Crippen molar-refractivity contribution in [1.29, 1.82) is 0 Å². The van der Waals surface area contributed by atoms with Crippen LogP contribution in [-0.2, 0) is 4.79 Å². The van der Waals surface area contributed by atoms with E-state index in [0.717, 1.165) is 32.1 Å². The van der Waals surface area contributed by atoms with Crippen LogP contribution >= 0.6 is 0 Å². The number of carbonyl (C=O) groups excluding carboxylic acids is 2. The summed E-state index contributed by atoms with van der Waals surface area (Å²) in [6, 6.07) is -1.11. The van der Waals surface area contributed by atoms with Gasteiger partial charge in [-0.2, -0.15) is 0 Å². The first kappa shape index (κ1) is 16.8. The molecule has 2 atom stereocenters. The maximum absolute atomic E-state index is 12.7. The highest BCUT2D eigenvalue weighted by Gasteiger charge is 2.33. The summed E-state index contributed by atoms with van der Waals surface area (Å²) < 4.78 is 0. The largest absolute Gasteiger partial charge is 0.395 e. The number of amides is 3. The molecule has 6 heteroatoms. The summed E-state index contributed by atoms with van der Waals surface area (Å²) in [6.45, 7) is 4.15. The van der Waals surface area contributed by atoms with Crippen LogP contribution in [0, 0.1) is 5.92 Å². The van der Waals surface area contributed by atoms with Crippen molar-refractivity contribution in [2.45, 2.75) is 58.0 Å². The normalized spacial score (nSPS) is 18.6. The molecule has 4 N–H and O–H groups in total. The molecule has 0 radical (unpaired) electrons. The second-order valence-electron chi connectivity index (χ2n) is 5.57. The van der Waals surface area contributed by atoms with Gasteiger partial charge in [0.25, 0.3) is 0 Å². The first-order valence-corrected chi connectivity index (χ1v) is 7.48. The lowest BCUT2D eigenvalue weighted by atomic mass is 9.97. The summed E-state index contributed by atoms with van der Waals surface area (Å²) in [7, 11) is 0. The van der Waals surface area contributed by atoms with E-state index in [2.05, 4.69) is 5.32 Å². The third-order valence-electron chi connectivity index (χ3n) is 4.17. The molecule has 0 aromatic carbocycles. The molecule has 1 fully saturated rings. The van der Waals surface area contributed by atoms with Gasteiger partial charge in [0.15, 0.2) is 0 Å². The molecule has 20 heavy (non-hydrogen) atoms. The molecule has 1 aliphatic rings. The van der Waals surface area contributed by atoms with Gasteiger partial charge in [-0.1, -0.05) is 33.1 Å². The summed E-state index contributed by atoms with van der Waals surface area (Å²) in [5, 5.41) is 11.8. The Balaban J connectivity index is 2.83. The predicted octanol–water partition coefficient (Wildman–Crippen LogP) is 0.833. The fourth-order valence-corrected chi connectivity index (χ4v) is 2.81. The van der Waals surface area contributed by atoms with Crippen molar-refractivity contribution < 1.29 is 14.7 Å². The van der Waals surface area contributed by atoms with E-state index in [9.17, 15) is 14.7 Å². The zero-order valence-corrected chi connectivity index (χ0v) is 12.5. The number of rotatable bonds is 7. The number of nitrogens with one attached hydrogen (secondary N) is 1. The molecule has 6 nitrogen and oxygen atoms in total. The molecule has 1 saturated carbocycles. The number of carbonyl (C=O) groups is 2. The van der Waals surface area contributed by atoms with Gasteiger partial charge in [0.1, 0.15) is 6.04 Å². The monoisotopic (exact) mass is 285 g/mol. The van der Waals surface area contributed by atoms with Crippen LogP contribution in [0.4, 0.5) is 4.79 Å². The fraction of sp³-hybridized carbons (Fsp3) is 0.857. The number of nitrogens with zero attached hydrogens (tertiary/aromatic N) is 1. The van der Waals surface area contributed by atoms with E-state index < -0.39 is 12.1 Å². The smallest absolute Gasteiger partial charge is 0.312 e. The molecule has 0 heterocycles. The van der Waals surface area contributed by atoms with Gasteiger partial charge in [0, 0.05) is 12.6 Å². The van der Waals surface area contributed by atoms with Gasteiger partial charge in [-0.05, 0) is 18.8 Å². The summed E-state index contributed by atoms with van der Waals surface area (Å²) in [6.07, 6.45) is 4.92. The number of primary amides is 1. The van der Waals surface area contributed by atoms with Crippen molar-refractivity contribution in [1.82, 2.24) is 10.2 Å². The Morgan fingerprint density at radius 1 is 1.40 bits per heavy atom. The molecule has 0 aromatic heterocycles. The van der Waals surface area contributed by atoms with Crippen LogP contribution in [-0.4, -0.2) is 47.2 Å². The van der Waals surface area contributed by atoms with Crippen LogP contribution in [0.15, 0.2) is 0 Å². The SMILES string of the molecule is CCC(C)C(NC(N)=O)C(=O)N(CCO)C1CCCC1. The standard InChI is InChI=1S/C14H27N3O3/c1-3-10(2)12(16-14(15)20)13(19)17(8-9-18)11-6-4-5-7-11/h10-12,18H,3-9H2,1-2H3,(H3,15,16,20). The highest BCUT2D eigenvalue weighted by molar-refractivity contribution is 5.87. The second kappa shape index (κ2) is 8.09. The maximum atomic E-state index is 12.7. The highest BCUT2D eigenvalue weighted by Crippen LogP contribution is 2.25. The molecule has 116 valence electrons. The van der Waals surface area contributed by atoms with Gasteiger partial charge in [0.2, 0.25) is 5.91 Å². The zero-order valence-electron chi connectivity index (χ0n) is 12.5. The predicted molar refractivity (Wildman–Crippen MR) is 77.0 cm³/mol. The molecule has 0 bridgehead atoms. The van der Waals surface area contributed by atoms with Crippen LogP contribution in [0.2, 0.25) is 0 Å². The number of aliphatic hydroxyl groups is 1. The van der Waals surface area contributed by atoms with E-state index in [1.54, 1.807) is 4.90 Å². The van der Waals surface area contributed by atoms with Crippen LogP contribution in [0.25, 0.3) is 0 Å². The van der Waals surface area contributed by atoms with Gasteiger partial charge >= 0.3 is 6.03 Å². The van der Waals surface area contributed by atoms with Crippen molar-refractivity contribution in [2.24, 2.45) is 11.7 Å². The quantitative estimate of drug-likeness (QED) is 0.646. The number of hydrogen-bond donors (Lipinski definition) is 3. The third kappa shape index (κ3) is 4.37. The molecular weight excluding hydrogens is 258 g/mol. The van der Waals surface area contributed by atoms with Crippen LogP contribution < -0.4 is 11.1 Å². The lowest BCUT2D eigenvalue weighted by Gasteiger charge is -2.34. The lowest BCUT2D eigenvalue weighted by Crippen LogP contribution is -2.55. The van der Waals surface area contributed by atoms with E-state index in [0.29, 0.717) is 6.54 Å². The Kier molecular flexibility index (Phi) is 6.78. The van der Waals surface area contributed by atoms with Crippen molar-refractivity contribution in [3.63, 3.8) is 0 Å². The molecule has 3 amide bonds. The number of aliphatic hydroxyl groups excluding tert-OH is 1. The average molecular weight is 285 g/mol. The molecule has 1 aliphatic carbocycles. The minimum absolute atomic E-state index is 0.0117. The number of nitrogens with two attached hydrogens (primary N) is 1. The van der Waals surface area contributed by atoms with E-state index in [-0.39, 0.29) is 24.5 Å². The van der Waals surface area contributed by atoms with Crippen LogP contribution in [0.3, 0.4) is 0 Å². The van der Waals surface area contributed by atoms with Crippen molar-refractivity contribution in [3.05, 3.63) is 0 Å². The van der Waals surface area contributed by atoms with Crippen molar-refractivity contribution >= 4 is 11.9 Å². The topological polar surface area (TPSA) is 95.7 Å². The lowest BCUT2D eigenvalue weighted by molar-refractivity contribution is -0.137. The Labute approximate surface area is 120 Å². The van der Waals surface area contributed by atoms with Crippen molar-refractivity contribution in [2.75, 3.05) is 13.2 Å². The van der Waals surface area contributed by atoms with Crippen molar-refractivity contribution in [3.8, 4) is 0 Å². The Morgan fingerprint density at radius 2 is 2.00 bits per heavy atom. The van der Waals surface area contributed by atoms with Gasteiger partial charge in [0.05, 0.1) is 6.61 Å². The summed E-state index contributed by atoms with van der Waals surface area (Å²) in [5.41, 5.74) is 5.18. The third-order valence-corrected chi connectivity index (χ3v) is 4.17. The first-order chi connectivity index (χ1) is 9.51. The van der Waals surface area contributed by atoms with E-state index in [4.69, 9.17) is 5.73 Å². The Morgan fingerprint density at radius 3 is 2.45 bits per heavy atom. The minimum Gasteiger partial charge on any atom is -0.395 e. The summed E-state index contributed by atoms with van der Waals surface area (Å²) in [5.74, 6) is -0.114. The molecule has 2 unspecified atom stereocenters. The molecule has 1 rings (SSSR count). The van der Waals surface area contributed by atoms with Gasteiger partial charge < -0.3 is 21.1 Å². The van der Waals surface area contributed by atoms with Crippen LogP contribution in [0.1, 0.15) is 46.0 Å². The van der Waals surface area contributed by atoms with E-state index in [1.165, 1.54) is 0 Å².